The fourth-order valence-electron chi connectivity index (χ4n) is 3.06. The zero-order valence-corrected chi connectivity index (χ0v) is 15.1. The first-order chi connectivity index (χ1) is 12.0. The summed E-state index contributed by atoms with van der Waals surface area (Å²) in [5, 5.41) is 7.23. The minimum Gasteiger partial charge on any atom is -0.481 e. The Morgan fingerprint density at radius 2 is 2.12 bits per heavy atom. The molecule has 25 heavy (non-hydrogen) atoms. The topological polar surface area (TPSA) is 85.2 Å². The summed E-state index contributed by atoms with van der Waals surface area (Å²) in [4.78, 5) is 23.3. The van der Waals surface area contributed by atoms with Crippen molar-refractivity contribution in [2.45, 2.75) is 45.8 Å². The van der Waals surface area contributed by atoms with Gasteiger partial charge in [-0.1, -0.05) is 0 Å². The second-order valence-electron chi connectivity index (χ2n) is 6.45. The smallest absolute Gasteiger partial charge is 0.242 e. The van der Waals surface area contributed by atoms with Crippen molar-refractivity contribution >= 4 is 11.7 Å². The lowest BCUT2D eigenvalue weighted by Crippen LogP contribution is -2.45. The Labute approximate surface area is 147 Å². The van der Waals surface area contributed by atoms with Crippen LogP contribution in [0.1, 0.15) is 38.1 Å². The van der Waals surface area contributed by atoms with Crippen molar-refractivity contribution in [1.82, 2.24) is 24.6 Å². The van der Waals surface area contributed by atoms with Gasteiger partial charge in [0.2, 0.25) is 11.8 Å². The van der Waals surface area contributed by atoms with Gasteiger partial charge in [0.25, 0.3) is 0 Å². The largest absolute Gasteiger partial charge is 0.481 e. The highest BCUT2D eigenvalue weighted by Crippen LogP contribution is 2.25. The normalized spacial score (nSPS) is 15.7. The molecule has 1 N–H and O–H groups in total. The van der Waals surface area contributed by atoms with Gasteiger partial charge < -0.3 is 10.1 Å². The average molecular weight is 344 g/mol. The van der Waals surface area contributed by atoms with E-state index < -0.39 is 0 Å². The molecule has 1 amide bonds. The standard InChI is InChI=1S/C17H24N6O2/c1-11(2)23-15(5-7-20-23)21-16(24)12(3)22-8-6-14-13(9-22)17(25-4)19-10-18-14/h5,7,10-12H,6,8-9H2,1-4H3,(H,21,24)/t12-/m0/s1. The zero-order valence-electron chi connectivity index (χ0n) is 15.1. The Hall–Kier alpha value is -2.48. The van der Waals surface area contributed by atoms with E-state index in [2.05, 4.69) is 25.3 Å². The molecular weight excluding hydrogens is 320 g/mol. The molecule has 2 aromatic rings. The predicted molar refractivity (Wildman–Crippen MR) is 93.4 cm³/mol. The van der Waals surface area contributed by atoms with Crippen LogP contribution in [0, 0.1) is 0 Å². The van der Waals surface area contributed by atoms with E-state index in [1.807, 2.05) is 26.8 Å². The van der Waals surface area contributed by atoms with Crippen LogP contribution in [-0.4, -0.2) is 50.3 Å². The summed E-state index contributed by atoms with van der Waals surface area (Å²) in [7, 11) is 1.60. The second kappa shape index (κ2) is 7.18. The molecule has 1 aliphatic rings. The van der Waals surface area contributed by atoms with Crippen LogP contribution >= 0.6 is 0 Å². The lowest BCUT2D eigenvalue weighted by molar-refractivity contribution is -0.121. The summed E-state index contributed by atoms with van der Waals surface area (Å²) in [6, 6.07) is 1.71. The number of rotatable bonds is 5. The molecule has 134 valence electrons. The molecule has 0 saturated carbocycles. The molecule has 1 aliphatic heterocycles. The van der Waals surface area contributed by atoms with Crippen LogP contribution in [-0.2, 0) is 17.8 Å². The molecule has 0 aromatic carbocycles. The Morgan fingerprint density at radius 1 is 1.32 bits per heavy atom. The van der Waals surface area contributed by atoms with Crippen LogP contribution < -0.4 is 10.1 Å². The highest BCUT2D eigenvalue weighted by molar-refractivity contribution is 5.93. The Bertz CT molecular complexity index is 743. The summed E-state index contributed by atoms with van der Waals surface area (Å²) in [5.74, 6) is 1.24. The maximum atomic E-state index is 12.7. The number of ether oxygens (including phenoxy) is 1. The third-order valence-electron chi connectivity index (χ3n) is 4.52. The van der Waals surface area contributed by atoms with Crippen LogP contribution in [0.15, 0.2) is 18.6 Å². The van der Waals surface area contributed by atoms with Crippen LogP contribution in [0.25, 0.3) is 0 Å². The van der Waals surface area contributed by atoms with Crippen molar-refractivity contribution < 1.29 is 9.53 Å². The van der Waals surface area contributed by atoms with Gasteiger partial charge in [-0.15, -0.1) is 0 Å². The Morgan fingerprint density at radius 3 is 2.84 bits per heavy atom. The van der Waals surface area contributed by atoms with Crippen LogP contribution in [0.4, 0.5) is 5.82 Å². The second-order valence-corrected chi connectivity index (χ2v) is 6.45. The molecule has 0 spiro atoms. The molecule has 2 aromatic heterocycles. The van der Waals surface area contributed by atoms with E-state index in [1.165, 1.54) is 6.33 Å². The summed E-state index contributed by atoms with van der Waals surface area (Å²) in [6.45, 7) is 7.33. The predicted octanol–water partition coefficient (Wildman–Crippen LogP) is 1.65. The van der Waals surface area contributed by atoms with E-state index in [1.54, 1.807) is 18.0 Å². The van der Waals surface area contributed by atoms with Crippen molar-refractivity contribution in [3.8, 4) is 5.88 Å². The first kappa shape index (κ1) is 17.3. The Kier molecular flexibility index (Phi) is 4.98. The van der Waals surface area contributed by atoms with Gasteiger partial charge >= 0.3 is 0 Å². The number of hydrogen-bond donors (Lipinski definition) is 1. The lowest BCUT2D eigenvalue weighted by atomic mass is 10.0. The molecule has 8 heteroatoms. The van der Waals surface area contributed by atoms with Gasteiger partial charge in [-0.2, -0.15) is 5.10 Å². The summed E-state index contributed by atoms with van der Waals surface area (Å²) in [6.07, 6.45) is 3.99. The van der Waals surface area contributed by atoms with Crippen molar-refractivity contribution in [2.24, 2.45) is 0 Å². The number of nitrogens with one attached hydrogen (secondary N) is 1. The molecule has 0 aliphatic carbocycles. The van der Waals surface area contributed by atoms with Gasteiger partial charge in [-0.25, -0.2) is 14.6 Å². The third kappa shape index (κ3) is 3.48. The number of amides is 1. The van der Waals surface area contributed by atoms with Gasteiger partial charge in [-0.05, 0) is 20.8 Å². The number of anilines is 1. The summed E-state index contributed by atoms with van der Waals surface area (Å²) in [5.41, 5.74) is 1.96. The first-order valence-corrected chi connectivity index (χ1v) is 8.46. The fraction of sp³-hybridized carbons (Fsp3) is 0.529. The van der Waals surface area contributed by atoms with Crippen LogP contribution in [0.2, 0.25) is 0 Å². The van der Waals surface area contributed by atoms with E-state index in [-0.39, 0.29) is 18.0 Å². The molecular formula is C17H24N6O2. The molecule has 3 heterocycles. The third-order valence-corrected chi connectivity index (χ3v) is 4.52. The monoisotopic (exact) mass is 344 g/mol. The van der Waals surface area contributed by atoms with Gasteiger partial charge in [0.1, 0.15) is 12.1 Å². The van der Waals surface area contributed by atoms with E-state index in [9.17, 15) is 4.79 Å². The van der Waals surface area contributed by atoms with E-state index in [0.717, 1.165) is 24.2 Å². The molecule has 8 nitrogen and oxygen atoms in total. The van der Waals surface area contributed by atoms with Crippen LogP contribution in [0.5, 0.6) is 5.88 Å². The lowest BCUT2D eigenvalue weighted by Gasteiger charge is -2.32. The van der Waals surface area contributed by atoms with Crippen molar-refractivity contribution in [1.29, 1.82) is 0 Å². The number of aromatic nitrogens is 4. The average Bonchev–Trinajstić information content (AvgIpc) is 3.08. The summed E-state index contributed by atoms with van der Waals surface area (Å²) < 4.78 is 7.14. The quantitative estimate of drug-likeness (QED) is 0.888. The zero-order chi connectivity index (χ0) is 18.0. The maximum absolute atomic E-state index is 12.7. The number of carbonyl (C=O) groups excluding carboxylic acids is 1. The van der Waals surface area contributed by atoms with Gasteiger partial charge in [0.05, 0.1) is 25.0 Å². The van der Waals surface area contributed by atoms with Crippen LogP contribution in [0.3, 0.4) is 0 Å². The first-order valence-electron chi connectivity index (χ1n) is 8.46. The van der Waals surface area contributed by atoms with Crippen molar-refractivity contribution in [2.75, 3.05) is 19.0 Å². The number of methoxy groups -OCH3 is 1. The molecule has 1 atom stereocenters. The highest BCUT2D eigenvalue weighted by Gasteiger charge is 2.28. The number of hydrogen-bond acceptors (Lipinski definition) is 6. The molecule has 0 saturated heterocycles. The molecule has 0 bridgehead atoms. The number of carbonyl (C=O) groups is 1. The highest BCUT2D eigenvalue weighted by atomic mass is 16.5. The summed E-state index contributed by atoms with van der Waals surface area (Å²) >= 11 is 0. The van der Waals surface area contributed by atoms with Gasteiger partial charge in [0, 0.05) is 37.2 Å². The maximum Gasteiger partial charge on any atom is 0.242 e. The molecule has 0 radical (unpaired) electrons. The molecule has 0 unspecified atom stereocenters. The van der Waals surface area contributed by atoms with Gasteiger partial charge in [-0.3, -0.25) is 9.69 Å². The Balaban J connectivity index is 1.72. The number of nitrogens with zero attached hydrogens (tertiary/aromatic N) is 5. The SMILES string of the molecule is COc1ncnc2c1CN([C@@H](C)C(=O)Nc1ccnn1C(C)C)CC2. The molecule has 3 rings (SSSR count). The van der Waals surface area contributed by atoms with E-state index >= 15 is 0 Å². The van der Waals surface area contributed by atoms with Crippen molar-refractivity contribution in [3.63, 3.8) is 0 Å². The van der Waals surface area contributed by atoms with Crippen molar-refractivity contribution in [3.05, 3.63) is 29.8 Å². The number of fused-ring (bicyclic) bond motifs is 1. The molecule has 0 fully saturated rings. The van der Waals surface area contributed by atoms with E-state index in [4.69, 9.17) is 4.74 Å². The fourth-order valence-corrected chi connectivity index (χ4v) is 3.06. The minimum absolute atomic E-state index is 0.0540. The van der Waals surface area contributed by atoms with Gasteiger partial charge in [0.15, 0.2) is 0 Å². The minimum atomic E-state index is -0.284. The van der Waals surface area contributed by atoms with E-state index in [0.29, 0.717) is 18.2 Å².